The van der Waals surface area contributed by atoms with Crippen LogP contribution in [0, 0.1) is 0 Å². The van der Waals surface area contributed by atoms with E-state index in [1.54, 1.807) is 48.5 Å². The molecule has 0 spiro atoms. The SMILES string of the molecule is O=C(COc1ccc(Cl)cc1Cl)N[C@H](C(=O)Nc1ccccc1)c1ccccc1. The first-order chi connectivity index (χ1) is 14.0. The summed E-state index contributed by atoms with van der Waals surface area (Å²) in [5.74, 6) is -0.496. The summed E-state index contributed by atoms with van der Waals surface area (Å²) in [5, 5.41) is 6.28. The van der Waals surface area contributed by atoms with Crippen molar-refractivity contribution in [3.8, 4) is 5.75 Å². The molecule has 3 aromatic rings. The lowest BCUT2D eigenvalue weighted by Gasteiger charge is -2.19. The number of carbonyl (C=O) groups excluding carboxylic acids is 2. The molecule has 0 aromatic heterocycles. The van der Waals surface area contributed by atoms with Crippen molar-refractivity contribution in [2.24, 2.45) is 0 Å². The third-order valence-corrected chi connectivity index (χ3v) is 4.52. The number of benzene rings is 3. The topological polar surface area (TPSA) is 67.4 Å². The summed E-state index contributed by atoms with van der Waals surface area (Å²) in [6.07, 6.45) is 0. The van der Waals surface area contributed by atoms with E-state index in [2.05, 4.69) is 10.6 Å². The van der Waals surface area contributed by atoms with Crippen LogP contribution in [0.25, 0.3) is 0 Å². The highest BCUT2D eigenvalue weighted by Crippen LogP contribution is 2.27. The van der Waals surface area contributed by atoms with Gasteiger partial charge in [-0.1, -0.05) is 71.7 Å². The third kappa shape index (κ3) is 5.98. The predicted octanol–water partition coefficient (Wildman–Crippen LogP) is 4.87. The molecule has 2 amide bonds. The molecule has 7 heteroatoms. The summed E-state index contributed by atoms with van der Waals surface area (Å²) in [6, 6.07) is 21.8. The molecule has 5 nitrogen and oxygen atoms in total. The standard InChI is InChI=1S/C22H18Cl2N2O3/c23-16-11-12-19(18(24)13-16)29-14-20(27)26-21(15-7-3-1-4-8-15)22(28)25-17-9-5-2-6-10-17/h1-13,21H,14H2,(H,25,28)(H,26,27)/t21-/m0/s1. The zero-order valence-corrected chi connectivity index (χ0v) is 16.8. The van der Waals surface area contributed by atoms with Crippen molar-refractivity contribution < 1.29 is 14.3 Å². The summed E-state index contributed by atoms with van der Waals surface area (Å²) >= 11 is 11.9. The Morgan fingerprint density at radius 2 is 1.55 bits per heavy atom. The molecular weight excluding hydrogens is 411 g/mol. The van der Waals surface area contributed by atoms with Crippen molar-refractivity contribution in [1.82, 2.24) is 5.32 Å². The van der Waals surface area contributed by atoms with Gasteiger partial charge in [0.2, 0.25) is 0 Å². The Balaban J connectivity index is 1.69. The zero-order valence-electron chi connectivity index (χ0n) is 15.3. The molecule has 3 rings (SSSR count). The van der Waals surface area contributed by atoms with Crippen molar-refractivity contribution in [1.29, 1.82) is 0 Å². The van der Waals surface area contributed by atoms with Gasteiger partial charge in [-0.05, 0) is 35.9 Å². The van der Waals surface area contributed by atoms with Gasteiger partial charge in [0, 0.05) is 10.7 Å². The Labute approximate surface area is 178 Å². The van der Waals surface area contributed by atoms with Gasteiger partial charge in [0.05, 0.1) is 5.02 Å². The van der Waals surface area contributed by atoms with Gasteiger partial charge in [-0.3, -0.25) is 9.59 Å². The van der Waals surface area contributed by atoms with E-state index in [1.165, 1.54) is 6.07 Å². The monoisotopic (exact) mass is 428 g/mol. The van der Waals surface area contributed by atoms with Gasteiger partial charge >= 0.3 is 0 Å². The van der Waals surface area contributed by atoms with Gasteiger partial charge in [0.25, 0.3) is 11.8 Å². The maximum atomic E-state index is 12.8. The first-order valence-corrected chi connectivity index (χ1v) is 9.56. The molecule has 0 bridgehead atoms. The highest BCUT2D eigenvalue weighted by Gasteiger charge is 2.23. The van der Waals surface area contributed by atoms with E-state index in [0.29, 0.717) is 27.0 Å². The van der Waals surface area contributed by atoms with Crippen LogP contribution < -0.4 is 15.4 Å². The molecule has 29 heavy (non-hydrogen) atoms. The molecule has 2 N–H and O–H groups in total. The number of amides is 2. The van der Waals surface area contributed by atoms with E-state index in [-0.39, 0.29) is 12.5 Å². The molecule has 0 aliphatic heterocycles. The van der Waals surface area contributed by atoms with Crippen LogP contribution in [0.1, 0.15) is 11.6 Å². The number of halogens is 2. The maximum Gasteiger partial charge on any atom is 0.258 e. The summed E-state index contributed by atoms with van der Waals surface area (Å²) < 4.78 is 5.45. The lowest BCUT2D eigenvalue weighted by Crippen LogP contribution is -2.39. The number of para-hydroxylation sites is 1. The zero-order chi connectivity index (χ0) is 20.6. The minimum atomic E-state index is -0.881. The number of carbonyl (C=O) groups is 2. The van der Waals surface area contributed by atoms with Crippen LogP contribution in [0.4, 0.5) is 5.69 Å². The summed E-state index contributed by atoms with van der Waals surface area (Å²) in [4.78, 5) is 25.3. The van der Waals surface area contributed by atoms with Crippen molar-refractivity contribution in [3.05, 3.63) is 94.5 Å². The average Bonchev–Trinajstić information content (AvgIpc) is 2.72. The number of ether oxygens (including phenoxy) is 1. The van der Waals surface area contributed by atoms with E-state index >= 15 is 0 Å². The fourth-order valence-electron chi connectivity index (χ4n) is 2.62. The third-order valence-electron chi connectivity index (χ3n) is 3.99. The molecule has 148 valence electrons. The summed E-state index contributed by atoms with van der Waals surface area (Å²) in [6.45, 7) is -0.302. The Bertz CT molecular complexity index is 982. The number of hydrogen-bond donors (Lipinski definition) is 2. The fraction of sp³-hybridized carbons (Fsp3) is 0.0909. The predicted molar refractivity (Wildman–Crippen MR) is 114 cm³/mol. The number of nitrogens with one attached hydrogen (secondary N) is 2. The molecule has 0 aliphatic carbocycles. The van der Waals surface area contributed by atoms with Gasteiger partial charge in [-0.2, -0.15) is 0 Å². The molecule has 0 saturated carbocycles. The second kappa shape index (κ2) is 9.96. The van der Waals surface area contributed by atoms with Crippen molar-refractivity contribution >= 4 is 40.7 Å². The highest BCUT2D eigenvalue weighted by molar-refractivity contribution is 6.35. The minimum absolute atomic E-state index is 0.298. The van der Waals surface area contributed by atoms with E-state index in [4.69, 9.17) is 27.9 Å². The Kier molecular flexibility index (Phi) is 7.11. The Morgan fingerprint density at radius 1 is 0.897 bits per heavy atom. The molecule has 0 aliphatic rings. The largest absolute Gasteiger partial charge is 0.482 e. The van der Waals surface area contributed by atoms with Gasteiger partial charge in [-0.15, -0.1) is 0 Å². The maximum absolute atomic E-state index is 12.8. The molecule has 0 unspecified atom stereocenters. The second-order valence-corrected chi connectivity index (χ2v) is 6.97. The first-order valence-electron chi connectivity index (χ1n) is 8.81. The molecule has 0 heterocycles. The number of hydrogen-bond acceptors (Lipinski definition) is 3. The molecule has 3 aromatic carbocycles. The van der Waals surface area contributed by atoms with Crippen molar-refractivity contribution in [3.63, 3.8) is 0 Å². The fourth-order valence-corrected chi connectivity index (χ4v) is 3.08. The van der Waals surface area contributed by atoms with Crippen LogP contribution in [0.3, 0.4) is 0 Å². The molecule has 0 fully saturated rings. The quantitative estimate of drug-likeness (QED) is 0.563. The van der Waals surface area contributed by atoms with E-state index in [0.717, 1.165) is 0 Å². The molecular formula is C22H18Cl2N2O3. The average molecular weight is 429 g/mol. The lowest BCUT2D eigenvalue weighted by molar-refractivity contribution is -0.128. The first kappa shape index (κ1) is 20.7. The summed E-state index contributed by atoms with van der Waals surface area (Å²) in [7, 11) is 0. The second-order valence-electron chi connectivity index (χ2n) is 6.13. The van der Waals surface area contributed by atoms with Gasteiger partial charge in [-0.25, -0.2) is 0 Å². The van der Waals surface area contributed by atoms with E-state index in [1.807, 2.05) is 24.3 Å². The lowest BCUT2D eigenvalue weighted by atomic mass is 10.1. The van der Waals surface area contributed by atoms with Crippen LogP contribution in [0.15, 0.2) is 78.9 Å². The Morgan fingerprint density at radius 3 is 2.21 bits per heavy atom. The van der Waals surface area contributed by atoms with Crippen molar-refractivity contribution in [2.45, 2.75) is 6.04 Å². The van der Waals surface area contributed by atoms with E-state index < -0.39 is 11.9 Å². The smallest absolute Gasteiger partial charge is 0.258 e. The molecule has 1 atom stereocenters. The highest BCUT2D eigenvalue weighted by atomic mass is 35.5. The van der Waals surface area contributed by atoms with Gasteiger partial charge < -0.3 is 15.4 Å². The van der Waals surface area contributed by atoms with Crippen LogP contribution in [0.2, 0.25) is 10.0 Å². The van der Waals surface area contributed by atoms with Gasteiger partial charge in [0.15, 0.2) is 6.61 Å². The van der Waals surface area contributed by atoms with Crippen molar-refractivity contribution in [2.75, 3.05) is 11.9 Å². The van der Waals surface area contributed by atoms with Gasteiger partial charge in [0.1, 0.15) is 11.8 Å². The van der Waals surface area contributed by atoms with Crippen LogP contribution >= 0.6 is 23.2 Å². The number of rotatable bonds is 7. The Hall–Kier alpha value is -3.02. The molecule has 0 radical (unpaired) electrons. The van der Waals surface area contributed by atoms with Crippen LogP contribution in [-0.2, 0) is 9.59 Å². The summed E-state index contributed by atoms with van der Waals surface area (Å²) in [5.41, 5.74) is 1.29. The normalized spacial score (nSPS) is 11.4. The minimum Gasteiger partial charge on any atom is -0.482 e. The molecule has 0 saturated heterocycles. The van der Waals surface area contributed by atoms with Crippen LogP contribution in [-0.4, -0.2) is 18.4 Å². The number of anilines is 1. The van der Waals surface area contributed by atoms with Crippen LogP contribution in [0.5, 0.6) is 5.75 Å². The van der Waals surface area contributed by atoms with E-state index in [9.17, 15) is 9.59 Å².